The fourth-order valence-corrected chi connectivity index (χ4v) is 5.19. The number of aliphatic carboxylic acids is 1. The molecule has 9 nitrogen and oxygen atoms in total. The minimum Gasteiger partial charge on any atom is -0.481 e. The first-order valence-corrected chi connectivity index (χ1v) is 12.1. The lowest BCUT2D eigenvalue weighted by atomic mass is 9.94. The van der Waals surface area contributed by atoms with Gasteiger partial charge in [0.15, 0.2) is 10.9 Å². The fraction of sp³-hybridized carbons (Fsp3) is 0.455. The second-order valence-electron chi connectivity index (χ2n) is 8.06. The van der Waals surface area contributed by atoms with Crippen molar-refractivity contribution in [1.29, 1.82) is 0 Å². The van der Waals surface area contributed by atoms with E-state index >= 15 is 0 Å². The van der Waals surface area contributed by atoms with Gasteiger partial charge < -0.3 is 20.1 Å². The summed E-state index contributed by atoms with van der Waals surface area (Å²) in [5.74, 6) is -1.06. The van der Waals surface area contributed by atoms with Crippen LogP contribution in [0.4, 0.5) is 21.3 Å². The molecule has 11 heteroatoms. The van der Waals surface area contributed by atoms with Crippen molar-refractivity contribution in [2.24, 2.45) is 5.92 Å². The maximum absolute atomic E-state index is 13.3. The first kappa shape index (κ1) is 23.5. The van der Waals surface area contributed by atoms with Crippen molar-refractivity contribution in [3.63, 3.8) is 0 Å². The van der Waals surface area contributed by atoms with E-state index in [4.69, 9.17) is 21.4 Å². The van der Waals surface area contributed by atoms with Gasteiger partial charge in [0.2, 0.25) is 0 Å². The number of urea groups is 1. The van der Waals surface area contributed by atoms with E-state index in [9.17, 15) is 14.4 Å². The summed E-state index contributed by atoms with van der Waals surface area (Å²) in [4.78, 5) is 43.1. The number of carbonyl (C=O) groups excluding carboxylic acids is 2. The van der Waals surface area contributed by atoms with Gasteiger partial charge >= 0.3 is 12.0 Å². The summed E-state index contributed by atoms with van der Waals surface area (Å²) in [6.07, 6.45) is 3.45. The SMILES string of the molecule is O=C(O)Cc1nc(NC(=O)Nc2ccc(N3CCOCC3)cc2C(=O)C2CCCC2)sc1Cl. The first-order chi connectivity index (χ1) is 15.9. The molecule has 1 aromatic carbocycles. The Bertz CT molecular complexity index is 1050. The van der Waals surface area contributed by atoms with E-state index in [1.54, 1.807) is 6.07 Å². The molecule has 0 atom stereocenters. The average molecular weight is 493 g/mol. The predicted molar refractivity (Wildman–Crippen MR) is 127 cm³/mol. The highest BCUT2D eigenvalue weighted by Crippen LogP contribution is 2.33. The van der Waals surface area contributed by atoms with E-state index in [1.165, 1.54) is 0 Å². The van der Waals surface area contributed by atoms with Crippen molar-refractivity contribution in [3.8, 4) is 0 Å². The fourth-order valence-electron chi connectivity index (χ4n) is 4.16. The lowest BCUT2D eigenvalue weighted by Gasteiger charge is -2.29. The zero-order valence-electron chi connectivity index (χ0n) is 17.9. The molecule has 0 spiro atoms. The van der Waals surface area contributed by atoms with Crippen molar-refractivity contribution in [2.45, 2.75) is 32.1 Å². The van der Waals surface area contributed by atoms with Crippen molar-refractivity contribution in [1.82, 2.24) is 4.98 Å². The quantitative estimate of drug-likeness (QED) is 0.493. The lowest BCUT2D eigenvalue weighted by molar-refractivity contribution is -0.136. The molecular weight excluding hydrogens is 468 g/mol. The number of nitrogens with one attached hydrogen (secondary N) is 2. The Morgan fingerprint density at radius 3 is 2.61 bits per heavy atom. The van der Waals surface area contributed by atoms with Gasteiger partial charge in [0, 0.05) is 30.3 Å². The summed E-state index contributed by atoms with van der Waals surface area (Å²) < 4.78 is 5.63. The highest BCUT2D eigenvalue weighted by atomic mass is 35.5. The van der Waals surface area contributed by atoms with Crippen LogP contribution in [-0.2, 0) is 16.0 Å². The van der Waals surface area contributed by atoms with Crippen LogP contribution in [0.25, 0.3) is 0 Å². The minimum absolute atomic E-state index is 0.0371. The van der Waals surface area contributed by atoms with E-state index < -0.39 is 12.0 Å². The normalized spacial score (nSPS) is 16.6. The molecule has 176 valence electrons. The predicted octanol–water partition coefficient (Wildman–Crippen LogP) is 4.28. The summed E-state index contributed by atoms with van der Waals surface area (Å²) in [7, 11) is 0. The second-order valence-corrected chi connectivity index (χ2v) is 9.67. The van der Waals surface area contributed by atoms with Gasteiger partial charge in [0.05, 0.1) is 31.0 Å². The van der Waals surface area contributed by atoms with Crippen LogP contribution in [0, 0.1) is 5.92 Å². The number of nitrogens with zero attached hydrogens (tertiary/aromatic N) is 2. The van der Waals surface area contributed by atoms with E-state index in [0.717, 1.165) is 55.8 Å². The van der Waals surface area contributed by atoms with Gasteiger partial charge in [-0.2, -0.15) is 0 Å². The van der Waals surface area contributed by atoms with Crippen LogP contribution >= 0.6 is 22.9 Å². The van der Waals surface area contributed by atoms with Gasteiger partial charge in [0.1, 0.15) is 4.34 Å². The number of aromatic nitrogens is 1. The Hall–Kier alpha value is -2.69. The second kappa shape index (κ2) is 10.5. The molecule has 2 amide bonds. The number of carboxylic acids is 1. The van der Waals surface area contributed by atoms with Gasteiger partial charge in [-0.3, -0.25) is 14.9 Å². The number of carboxylic acid groups (broad SMARTS) is 1. The van der Waals surface area contributed by atoms with Crippen LogP contribution in [0.15, 0.2) is 18.2 Å². The van der Waals surface area contributed by atoms with Gasteiger partial charge in [-0.1, -0.05) is 35.8 Å². The number of anilines is 3. The van der Waals surface area contributed by atoms with Crippen molar-refractivity contribution in [2.75, 3.05) is 41.8 Å². The number of hydrogen-bond donors (Lipinski definition) is 3. The molecule has 1 aliphatic heterocycles. The van der Waals surface area contributed by atoms with Gasteiger partial charge in [-0.15, -0.1) is 0 Å². The highest BCUT2D eigenvalue weighted by molar-refractivity contribution is 7.19. The standard InChI is InChI=1S/C22H25ClN4O5S/c23-20-17(12-18(28)29)25-22(33-20)26-21(31)24-16-6-5-14(27-7-9-32-10-8-27)11-15(16)19(30)13-3-1-2-4-13/h5-6,11,13H,1-4,7-10,12H2,(H,28,29)(H2,24,25,26,31). The maximum atomic E-state index is 13.3. The number of amides is 2. The van der Waals surface area contributed by atoms with E-state index in [2.05, 4.69) is 20.5 Å². The van der Waals surface area contributed by atoms with E-state index in [-0.39, 0.29) is 33.3 Å². The molecule has 33 heavy (non-hydrogen) atoms. The number of morpholine rings is 1. The molecule has 1 aliphatic carbocycles. The number of Topliss-reactive ketones (excluding diaryl/α,β-unsaturated/α-hetero) is 1. The van der Waals surface area contributed by atoms with Gasteiger partial charge in [-0.05, 0) is 31.0 Å². The number of halogens is 1. The summed E-state index contributed by atoms with van der Waals surface area (Å²) in [6, 6.07) is 4.91. The average Bonchev–Trinajstić information content (AvgIpc) is 3.44. The number of hydrogen-bond acceptors (Lipinski definition) is 7. The Morgan fingerprint density at radius 2 is 1.91 bits per heavy atom. The monoisotopic (exact) mass is 492 g/mol. The van der Waals surface area contributed by atoms with Crippen LogP contribution in [-0.4, -0.2) is 54.2 Å². The van der Waals surface area contributed by atoms with Crippen molar-refractivity contribution < 1.29 is 24.2 Å². The minimum atomic E-state index is -1.06. The summed E-state index contributed by atoms with van der Waals surface area (Å²) >= 11 is 7.01. The number of rotatable bonds is 7. The zero-order valence-corrected chi connectivity index (χ0v) is 19.5. The molecule has 3 N–H and O–H groups in total. The first-order valence-electron chi connectivity index (χ1n) is 10.9. The summed E-state index contributed by atoms with van der Waals surface area (Å²) in [5, 5.41) is 14.4. The van der Waals surface area contributed by atoms with Crippen LogP contribution < -0.4 is 15.5 Å². The largest absolute Gasteiger partial charge is 0.481 e. The summed E-state index contributed by atoms with van der Waals surface area (Å²) in [5.41, 5.74) is 2.03. The number of thiazole rings is 1. The third-order valence-corrected chi connectivity index (χ3v) is 7.06. The van der Waals surface area contributed by atoms with Gasteiger partial charge in [0.25, 0.3) is 0 Å². The molecular formula is C22H25ClN4O5S. The van der Waals surface area contributed by atoms with Crippen LogP contribution in [0.1, 0.15) is 41.7 Å². The molecule has 0 radical (unpaired) electrons. The Kier molecular flexibility index (Phi) is 7.46. The summed E-state index contributed by atoms with van der Waals surface area (Å²) in [6.45, 7) is 2.75. The van der Waals surface area contributed by atoms with E-state index in [1.807, 2.05) is 12.1 Å². The molecule has 1 aromatic heterocycles. The molecule has 0 bridgehead atoms. The molecule has 1 saturated carbocycles. The Balaban J connectivity index is 1.53. The number of carbonyl (C=O) groups is 3. The Labute approximate surface area is 200 Å². The smallest absolute Gasteiger partial charge is 0.325 e. The molecule has 2 fully saturated rings. The van der Waals surface area contributed by atoms with Crippen LogP contribution in [0.5, 0.6) is 0 Å². The number of ether oxygens (including phenoxy) is 1. The topological polar surface area (TPSA) is 121 Å². The van der Waals surface area contributed by atoms with Crippen LogP contribution in [0.2, 0.25) is 4.34 Å². The zero-order chi connectivity index (χ0) is 23.4. The third-order valence-electron chi connectivity index (χ3n) is 5.81. The third kappa shape index (κ3) is 5.82. The molecule has 2 aliphatic rings. The lowest BCUT2D eigenvalue weighted by Crippen LogP contribution is -2.36. The molecule has 4 rings (SSSR count). The number of benzene rings is 1. The molecule has 2 aromatic rings. The number of ketones is 1. The maximum Gasteiger partial charge on any atom is 0.325 e. The van der Waals surface area contributed by atoms with E-state index in [0.29, 0.717) is 24.5 Å². The molecule has 2 heterocycles. The highest BCUT2D eigenvalue weighted by Gasteiger charge is 2.27. The van der Waals surface area contributed by atoms with Crippen LogP contribution in [0.3, 0.4) is 0 Å². The molecule has 0 unspecified atom stereocenters. The Morgan fingerprint density at radius 1 is 1.18 bits per heavy atom. The molecule has 1 saturated heterocycles. The van der Waals surface area contributed by atoms with Crippen molar-refractivity contribution in [3.05, 3.63) is 33.8 Å². The van der Waals surface area contributed by atoms with Crippen molar-refractivity contribution >= 4 is 57.2 Å². The van der Waals surface area contributed by atoms with Gasteiger partial charge in [-0.25, -0.2) is 9.78 Å².